The van der Waals surface area contributed by atoms with Gasteiger partial charge in [0, 0.05) is 31.2 Å². The molecule has 8 nitrogen and oxygen atoms in total. The monoisotopic (exact) mass is 520 g/mol. The van der Waals surface area contributed by atoms with E-state index < -0.39 is 17.7 Å². The van der Waals surface area contributed by atoms with E-state index in [-0.39, 0.29) is 11.3 Å². The SMILES string of the molecule is Cc1c(/C(O)=C2/C(=O)C(=O)N(CCCN3CCOCC3)C2c2cccc(Cl)c2)cnn1-c1ccccc1. The molecule has 192 valence electrons. The van der Waals surface area contributed by atoms with Crippen LogP contribution < -0.4 is 0 Å². The number of carbonyl (C=O) groups is 2. The normalized spacial score (nSPS) is 20.1. The van der Waals surface area contributed by atoms with Gasteiger partial charge in [0.25, 0.3) is 11.7 Å². The van der Waals surface area contributed by atoms with Crippen LogP contribution in [0.15, 0.2) is 66.4 Å². The smallest absolute Gasteiger partial charge is 0.295 e. The molecule has 2 saturated heterocycles. The Morgan fingerprint density at radius 2 is 1.84 bits per heavy atom. The molecule has 0 aliphatic carbocycles. The van der Waals surface area contributed by atoms with E-state index in [1.54, 1.807) is 27.8 Å². The molecule has 0 spiro atoms. The van der Waals surface area contributed by atoms with E-state index in [0.717, 1.165) is 25.3 Å². The van der Waals surface area contributed by atoms with Crippen molar-refractivity contribution in [3.05, 3.63) is 88.2 Å². The van der Waals surface area contributed by atoms with E-state index in [9.17, 15) is 14.7 Å². The van der Waals surface area contributed by atoms with Crippen LogP contribution in [-0.2, 0) is 14.3 Å². The van der Waals surface area contributed by atoms with Crippen molar-refractivity contribution in [2.24, 2.45) is 0 Å². The number of aliphatic hydroxyl groups is 1. The van der Waals surface area contributed by atoms with Gasteiger partial charge in [-0.2, -0.15) is 5.10 Å². The predicted molar refractivity (Wildman–Crippen MR) is 141 cm³/mol. The molecule has 37 heavy (non-hydrogen) atoms. The number of ketones is 1. The van der Waals surface area contributed by atoms with Crippen LogP contribution in [0.25, 0.3) is 11.4 Å². The molecule has 2 aliphatic heterocycles. The third-order valence-electron chi connectivity index (χ3n) is 6.95. The summed E-state index contributed by atoms with van der Waals surface area (Å²) in [5, 5.41) is 16.4. The fourth-order valence-electron chi connectivity index (χ4n) is 5.04. The number of likely N-dealkylation sites (tertiary alicyclic amines) is 1. The predicted octanol–water partition coefficient (Wildman–Crippen LogP) is 3.98. The Labute approximate surface area is 220 Å². The third-order valence-corrected chi connectivity index (χ3v) is 7.18. The summed E-state index contributed by atoms with van der Waals surface area (Å²) in [7, 11) is 0. The Balaban J connectivity index is 1.51. The number of halogens is 1. The van der Waals surface area contributed by atoms with Crippen molar-refractivity contribution in [1.82, 2.24) is 19.6 Å². The minimum Gasteiger partial charge on any atom is -0.507 e. The maximum absolute atomic E-state index is 13.4. The van der Waals surface area contributed by atoms with Gasteiger partial charge in [-0.3, -0.25) is 14.5 Å². The lowest BCUT2D eigenvalue weighted by Crippen LogP contribution is -2.38. The summed E-state index contributed by atoms with van der Waals surface area (Å²) >= 11 is 6.29. The number of carbonyl (C=O) groups excluding carboxylic acids is 2. The first-order chi connectivity index (χ1) is 18.0. The van der Waals surface area contributed by atoms with Crippen LogP contribution >= 0.6 is 11.6 Å². The molecule has 1 atom stereocenters. The molecule has 9 heteroatoms. The fraction of sp³-hybridized carbons (Fsp3) is 0.321. The first kappa shape index (κ1) is 25.2. The number of morpholine rings is 1. The van der Waals surface area contributed by atoms with Crippen molar-refractivity contribution >= 4 is 29.1 Å². The van der Waals surface area contributed by atoms with Gasteiger partial charge in [0.15, 0.2) is 0 Å². The average molecular weight is 521 g/mol. The van der Waals surface area contributed by atoms with Crippen molar-refractivity contribution in [1.29, 1.82) is 0 Å². The number of rotatable bonds is 7. The number of hydrogen-bond donors (Lipinski definition) is 1. The highest BCUT2D eigenvalue weighted by molar-refractivity contribution is 6.46. The lowest BCUT2D eigenvalue weighted by Gasteiger charge is -2.29. The van der Waals surface area contributed by atoms with Crippen LogP contribution in [0.5, 0.6) is 0 Å². The number of para-hydroxylation sites is 1. The van der Waals surface area contributed by atoms with Crippen LogP contribution in [0, 0.1) is 6.92 Å². The van der Waals surface area contributed by atoms with Crippen molar-refractivity contribution in [2.45, 2.75) is 19.4 Å². The number of aromatic nitrogens is 2. The molecule has 1 aromatic heterocycles. The number of aliphatic hydroxyl groups excluding tert-OH is 1. The molecule has 2 aromatic carbocycles. The first-order valence-electron chi connectivity index (χ1n) is 12.4. The van der Waals surface area contributed by atoms with Crippen LogP contribution in [0.3, 0.4) is 0 Å². The minimum absolute atomic E-state index is 0.0503. The van der Waals surface area contributed by atoms with Gasteiger partial charge in [0.1, 0.15) is 5.76 Å². The standard InChI is InChI=1S/C28H29ClN4O4/c1-19-23(18-30-33(19)22-9-3-2-4-10-22)26(34)24-25(20-7-5-8-21(29)17-20)32(28(36)27(24)35)12-6-11-31-13-15-37-16-14-31/h2-5,7-10,17-18,25,34H,6,11-16H2,1H3/b26-24-. The first-order valence-corrected chi connectivity index (χ1v) is 12.8. The topological polar surface area (TPSA) is 87.9 Å². The molecule has 3 aromatic rings. The highest BCUT2D eigenvalue weighted by Crippen LogP contribution is 2.40. The largest absolute Gasteiger partial charge is 0.507 e. The summed E-state index contributed by atoms with van der Waals surface area (Å²) in [6.07, 6.45) is 2.22. The van der Waals surface area contributed by atoms with E-state index in [1.807, 2.05) is 43.3 Å². The molecule has 0 saturated carbocycles. The van der Waals surface area contributed by atoms with Gasteiger partial charge in [-0.25, -0.2) is 4.68 Å². The fourth-order valence-corrected chi connectivity index (χ4v) is 5.24. The van der Waals surface area contributed by atoms with Crippen molar-refractivity contribution < 1.29 is 19.4 Å². The number of Topliss-reactive ketones (excluding diaryl/α,β-unsaturated/α-hetero) is 1. The molecule has 1 amide bonds. The highest BCUT2D eigenvalue weighted by Gasteiger charge is 2.46. The zero-order valence-corrected chi connectivity index (χ0v) is 21.4. The van der Waals surface area contributed by atoms with Gasteiger partial charge in [-0.1, -0.05) is 41.9 Å². The van der Waals surface area contributed by atoms with Gasteiger partial charge < -0.3 is 14.7 Å². The van der Waals surface area contributed by atoms with Gasteiger partial charge in [0.2, 0.25) is 0 Å². The highest BCUT2D eigenvalue weighted by atomic mass is 35.5. The van der Waals surface area contributed by atoms with E-state index in [0.29, 0.717) is 48.0 Å². The van der Waals surface area contributed by atoms with E-state index in [2.05, 4.69) is 10.00 Å². The average Bonchev–Trinajstić information content (AvgIpc) is 3.42. The number of benzene rings is 2. The molecule has 0 bridgehead atoms. The lowest BCUT2D eigenvalue weighted by molar-refractivity contribution is -0.140. The maximum atomic E-state index is 13.4. The minimum atomic E-state index is -0.747. The third kappa shape index (κ3) is 5.05. The van der Waals surface area contributed by atoms with E-state index >= 15 is 0 Å². The zero-order chi connectivity index (χ0) is 25.9. The Kier molecular flexibility index (Phi) is 7.41. The van der Waals surface area contributed by atoms with Gasteiger partial charge >= 0.3 is 0 Å². The van der Waals surface area contributed by atoms with Crippen molar-refractivity contribution in [3.8, 4) is 5.69 Å². The summed E-state index contributed by atoms with van der Waals surface area (Å²) in [5.74, 6) is -1.57. The number of hydrogen-bond acceptors (Lipinski definition) is 6. The van der Waals surface area contributed by atoms with Crippen molar-refractivity contribution in [3.63, 3.8) is 0 Å². The molecule has 2 fully saturated rings. The molecule has 2 aliphatic rings. The summed E-state index contributed by atoms with van der Waals surface area (Å²) in [6, 6.07) is 15.9. The summed E-state index contributed by atoms with van der Waals surface area (Å²) in [4.78, 5) is 30.5. The van der Waals surface area contributed by atoms with Crippen LogP contribution in [0.1, 0.15) is 29.3 Å². The number of amides is 1. The Bertz CT molecular complexity index is 1330. The molecule has 0 radical (unpaired) electrons. The number of nitrogens with zero attached hydrogens (tertiary/aromatic N) is 4. The van der Waals surface area contributed by atoms with Crippen molar-refractivity contribution in [2.75, 3.05) is 39.4 Å². The second-order valence-corrected chi connectivity index (χ2v) is 9.68. The van der Waals surface area contributed by atoms with Gasteiger partial charge in [-0.15, -0.1) is 0 Å². The molecule has 1 N–H and O–H groups in total. The molecular formula is C28H29ClN4O4. The van der Waals surface area contributed by atoms with Gasteiger partial charge in [-0.05, 0) is 43.2 Å². The summed E-state index contributed by atoms with van der Waals surface area (Å²) in [5.41, 5.74) is 2.62. The van der Waals surface area contributed by atoms with Crippen LogP contribution in [0.2, 0.25) is 5.02 Å². The molecule has 3 heterocycles. The molecular weight excluding hydrogens is 492 g/mol. The number of ether oxygens (including phenoxy) is 1. The lowest BCUT2D eigenvalue weighted by atomic mass is 9.95. The van der Waals surface area contributed by atoms with Crippen LogP contribution in [-0.4, -0.2) is 75.8 Å². The Morgan fingerprint density at radius 3 is 2.57 bits per heavy atom. The molecule has 1 unspecified atom stereocenters. The van der Waals surface area contributed by atoms with E-state index in [4.69, 9.17) is 16.3 Å². The van der Waals surface area contributed by atoms with Crippen LogP contribution in [0.4, 0.5) is 0 Å². The quantitative estimate of drug-likeness (QED) is 0.288. The summed E-state index contributed by atoms with van der Waals surface area (Å²) in [6.45, 7) is 6.08. The second-order valence-electron chi connectivity index (χ2n) is 9.25. The zero-order valence-electron chi connectivity index (χ0n) is 20.6. The summed E-state index contributed by atoms with van der Waals surface area (Å²) < 4.78 is 7.11. The second kappa shape index (κ2) is 10.9. The Morgan fingerprint density at radius 1 is 1.08 bits per heavy atom. The van der Waals surface area contributed by atoms with Gasteiger partial charge in [0.05, 0.1) is 48.0 Å². The maximum Gasteiger partial charge on any atom is 0.295 e. The Hall–Kier alpha value is -3.46. The van der Waals surface area contributed by atoms with E-state index in [1.165, 1.54) is 6.20 Å². The molecule has 5 rings (SSSR count).